The summed E-state index contributed by atoms with van der Waals surface area (Å²) in [5.74, 6) is 0. The van der Waals surface area contributed by atoms with Gasteiger partial charge in [-0.25, -0.2) is 4.99 Å². The van der Waals surface area contributed by atoms with Gasteiger partial charge in [0, 0.05) is 4.47 Å². The molecular weight excluding hydrogens is 310 g/mol. The van der Waals surface area contributed by atoms with Crippen LogP contribution in [0.5, 0.6) is 0 Å². The fourth-order valence-corrected chi connectivity index (χ4v) is 2.45. The highest BCUT2D eigenvalue weighted by Gasteiger charge is 2.06. The van der Waals surface area contributed by atoms with Crippen molar-refractivity contribution in [2.75, 3.05) is 6.26 Å². The summed E-state index contributed by atoms with van der Waals surface area (Å²) in [6.07, 6.45) is 3.67. The van der Waals surface area contributed by atoms with Gasteiger partial charge in [-0.2, -0.15) is 5.26 Å². The van der Waals surface area contributed by atoms with Crippen LogP contribution < -0.4 is 5.32 Å². The minimum Gasteiger partial charge on any atom is -0.271 e. The minimum absolute atomic E-state index is 0.523. The number of benzene rings is 1. The van der Waals surface area contributed by atoms with Gasteiger partial charge in [0.15, 0.2) is 11.4 Å². The third-order valence-electron chi connectivity index (χ3n) is 1.79. The highest BCUT2D eigenvalue weighted by atomic mass is 79.9. The zero-order valence-corrected chi connectivity index (χ0v) is 11.9. The van der Waals surface area contributed by atoms with E-state index < -0.39 is 0 Å². The molecule has 0 aliphatic rings. The van der Waals surface area contributed by atoms with Crippen LogP contribution in [0.3, 0.4) is 0 Å². The highest BCUT2D eigenvalue weighted by molar-refractivity contribution is 9.10. The van der Waals surface area contributed by atoms with E-state index in [1.807, 2.05) is 25.4 Å². The van der Waals surface area contributed by atoms with E-state index in [0.29, 0.717) is 15.9 Å². The first-order chi connectivity index (χ1) is 7.58. The highest BCUT2D eigenvalue weighted by Crippen LogP contribution is 2.32. The topological polar surface area (TPSA) is 48.2 Å². The summed E-state index contributed by atoms with van der Waals surface area (Å²) in [7, 11) is 0. The maximum atomic E-state index is 8.53. The van der Waals surface area contributed by atoms with E-state index in [9.17, 15) is 0 Å². The summed E-state index contributed by atoms with van der Waals surface area (Å²) in [5.41, 5.74) is 1.63. The molecule has 1 N–H and O–H groups in total. The third kappa shape index (κ3) is 3.41. The predicted molar refractivity (Wildman–Crippen MR) is 73.2 cm³/mol. The average Bonchev–Trinajstić information content (AvgIpc) is 2.21. The smallest absolute Gasteiger partial charge is 0.183 e. The van der Waals surface area contributed by atoms with Crippen LogP contribution in [-0.4, -0.2) is 11.4 Å². The fraction of sp³-hybridized carbons (Fsp3) is 0.200. The molecule has 84 valence electrons. The summed E-state index contributed by atoms with van der Waals surface area (Å²) in [4.78, 5) is 4.30. The van der Waals surface area contributed by atoms with Gasteiger partial charge < -0.3 is 0 Å². The van der Waals surface area contributed by atoms with Gasteiger partial charge >= 0.3 is 0 Å². The second-order valence-electron chi connectivity index (χ2n) is 2.91. The molecule has 0 bridgehead atoms. The zero-order valence-electron chi connectivity index (χ0n) is 8.71. The van der Waals surface area contributed by atoms with Crippen molar-refractivity contribution in [2.45, 2.75) is 6.92 Å². The van der Waals surface area contributed by atoms with Crippen LogP contribution in [0.2, 0.25) is 5.02 Å². The summed E-state index contributed by atoms with van der Waals surface area (Å²) in [5, 5.41) is 12.1. The zero-order chi connectivity index (χ0) is 12.1. The lowest BCUT2D eigenvalue weighted by Gasteiger charge is -2.06. The summed E-state index contributed by atoms with van der Waals surface area (Å²) in [6, 6.07) is 3.70. The number of rotatable bonds is 1. The van der Waals surface area contributed by atoms with Gasteiger partial charge in [0.2, 0.25) is 0 Å². The van der Waals surface area contributed by atoms with E-state index in [4.69, 9.17) is 16.9 Å². The Balaban J connectivity index is 3.19. The van der Waals surface area contributed by atoms with Crippen LogP contribution in [-0.2, 0) is 0 Å². The summed E-state index contributed by atoms with van der Waals surface area (Å²) in [6.45, 7) is 1.92. The Bertz CT molecular complexity index is 445. The van der Waals surface area contributed by atoms with Gasteiger partial charge in [-0.05, 0) is 30.9 Å². The normalized spacial score (nSPS) is 11.1. The maximum Gasteiger partial charge on any atom is 0.183 e. The van der Waals surface area contributed by atoms with E-state index in [1.54, 1.807) is 6.07 Å². The monoisotopic (exact) mass is 317 g/mol. The van der Waals surface area contributed by atoms with E-state index in [1.165, 1.54) is 11.8 Å². The molecule has 1 rings (SSSR count). The van der Waals surface area contributed by atoms with Gasteiger partial charge in [0.05, 0.1) is 10.7 Å². The van der Waals surface area contributed by atoms with Gasteiger partial charge in [0.25, 0.3) is 0 Å². The molecule has 0 heterocycles. The molecule has 1 aromatic carbocycles. The van der Waals surface area contributed by atoms with Crippen molar-refractivity contribution in [1.82, 2.24) is 5.32 Å². The molecule has 6 heteroatoms. The largest absolute Gasteiger partial charge is 0.271 e. The van der Waals surface area contributed by atoms with Gasteiger partial charge in [0.1, 0.15) is 0 Å². The number of nitriles is 1. The van der Waals surface area contributed by atoms with Crippen molar-refractivity contribution in [1.29, 1.82) is 5.26 Å². The molecule has 0 aromatic heterocycles. The molecule has 1 aromatic rings. The molecule has 0 atom stereocenters. The lowest BCUT2D eigenvalue weighted by molar-refractivity contribution is 1.27. The number of nitrogens with one attached hydrogen (secondary N) is 1. The number of nitrogens with zero attached hydrogens (tertiary/aromatic N) is 2. The van der Waals surface area contributed by atoms with Crippen molar-refractivity contribution in [3.63, 3.8) is 0 Å². The lowest BCUT2D eigenvalue weighted by Crippen LogP contribution is -2.12. The molecule has 3 nitrogen and oxygen atoms in total. The van der Waals surface area contributed by atoms with Crippen LogP contribution in [0, 0.1) is 18.4 Å². The van der Waals surface area contributed by atoms with Gasteiger partial charge in [-0.15, -0.1) is 0 Å². The van der Waals surface area contributed by atoms with E-state index >= 15 is 0 Å². The Labute approximate surface area is 112 Å². The van der Waals surface area contributed by atoms with Crippen LogP contribution in [0.15, 0.2) is 21.6 Å². The van der Waals surface area contributed by atoms with Crippen molar-refractivity contribution >= 4 is 50.1 Å². The van der Waals surface area contributed by atoms with Crippen LogP contribution in [0.1, 0.15) is 5.56 Å². The maximum absolute atomic E-state index is 8.53. The molecule has 0 amide bonds. The van der Waals surface area contributed by atoms with Crippen molar-refractivity contribution < 1.29 is 0 Å². The molecular formula is C10H9BrClN3S. The quantitative estimate of drug-likeness (QED) is 0.370. The lowest BCUT2D eigenvalue weighted by atomic mass is 10.2. The van der Waals surface area contributed by atoms with Crippen LogP contribution >= 0.6 is 39.3 Å². The Morgan fingerprint density at radius 3 is 2.81 bits per heavy atom. The molecule has 16 heavy (non-hydrogen) atoms. The Morgan fingerprint density at radius 2 is 2.31 bits per heavy atom. The Hall–Kier alpha value is -0.700. The summed E-state index contributed by atoms with van der Waals surface area (Å²) >= 11 is 10.8. The number of hydrogen-bond donors (Lipinski definition) is 1. The minimum atomic E-state index is 0.523. The summed E-state index contributed by atoms with van der Waals surface area (Å²) < 4.78 is 0.910. The second kappa shape index (κ2) is 6.14. The molecule has 0 spiro atoms. The fourth-order valence-electron chi connectivity index (χ4n) is 1.11. The van der Waals surface area contributed by atoms with Gasteiger partial charge in [-0.3, -0.25) is 5.32 Å². The van der Waals surface area contributed by atoms with E-state index in [2.05, 4.69) is 26.2 Å². The number of aryl methyl sites for hydroxylation is 1. The number of thioether (sulfide) groups is 1. The Morgan fingerprint density at radius 1 is 1.62 bits per heavy atom. The first kappa shape index (κ1) is 13.4. The van der Waals surface area contributed by atoms with Crippen molar-refractivity contribution in [3.8, 4) is 6.19 Å². The van der Waals surface area contributed by atoms with E-state index in [0.717, 1.165) is 10.0 Å². The first-order valence-corrected chi connectivity index (χ1v) is 6.71. The third-order valence-corrected chi connectivity index (χ3v) is 3.11. The molecule has 0 aliphatic carbocycles. The Kier molecular flexibility index (Phi) is 5.13. The molecule has 0 radical (unpaired) electrons. The standard InChI is InChI=1S/C10H9BrClN3S/c1-6-3-7(11)4-8(12)9(6)15-10(16-2)14-5-13/h3-4H,1-2H3,(H,14,15). The molecule has 0 aliphatic heterocycles. The number of halogens is 2. The predicted octanol–water partition coefficient (Wildman–Crippen LogP) is 3.83. The van der Waals surface area contributed by atoms with Gasteiger partial charge in [-0.1, -0.05) is 39.3 Å². The SMILES string of the molecule is CSC(=Nc1c(C)cc(Br)cc1Cl)NC#N. The van der Waals surface area contributed by atoms with Crippen LogP contribution in [0.4, 0.5) is 5.69 Å². The average molecular weight is 319 g/mol. The van der Waals surface area contributed by atoms with E-state index in [-0.39, 0.29) is 0 Å². The number of hydrogen-bond acceptors (Lipinski definition) is 3. The number of aliphatic imine (C=N–C) groups is 1. The molecule has 0 unspecified atom stereocenters. The van der Waals surface area contributed by atoms with Crippen molar-refractivity contribution in [3.05, 3.63) is 27.2 Å². The second-order valence-corrected chi connectivity index (χ2v) is 5.03. The van der Waals surface area contributed by atoms with Crippen molar-refractivity contribution in [2.24, 2.45) is 4.99 Å². The van der Waals surface area contributed by atoms with Crippen LogP contribution in [0.25, 0.3) is 0 Å². The molecule has 0 fully saturated rings. The first-order valence-electron chi connectivity index (χ1n) is 4.32. The number of amidine groups is 1. The molecule has 0 saturated heterocycles. The molecule has 0 saturated carbocycles.